The largest absolute Gasteiger partial charge is 0.334 e. The van der Waals surface area contributed by atoms with Gasteiger partial charge in [0.25, 0.3) is 0 Å². The number of hydrogen-bond donors (Lipinski definition) is 0. The molecule has 0 N–H and O–H groups in total. The fourth-order valence-corrected chi connectivity index (χ4v) is 5.46. The summed E-state index contributed by atoms with van der Waals surface area (Å²) in [6, 6.07) is 45.6. The summed E-state index contributed by atoms with van der Waals surface area (Å²) in [7, 11) is 0. The van der Waals surface area contributed by atoms with E-state index in [0.29, 0.717) is 0 Å². The smallest absolute Gasteiger partial charge is 0.0559 e. The Kier molecular flexibility index (Phi) is 10.1. The zero-order chi connectivity index (χ0) is 30.7. The van der Waals surface area contributed by atoms with Gasteiger partial charge in [-0.3, -0.25) is 0 Å². The number of benzene rings is 5. The third kappa shape index (κ3) is 6.82. The van der Waals surface area contributed by atoms with Crippen LogP contribution >= 0.6 is 0 Å². The van der Waals surface area contributed by atoms with E-state index in [4.69, 9.17) is 0 Å². The molecule has 2 nitrogen and oxygen atoms in total. The van der Waals surface area contributed by atoms with Crippen LogP contribution in [0.1, 0.15) is 31.4 Å². The maximum atomic E-state index is 3.90. The molecule has 0 aromatic heterocycles. The second-order valence-electron chi connectivity index (χ2n) is 10.3. The van der Waals surface area contributed by atoms with Gasteiger partial charge in [-0.05, 0) is 89.3 Å². The molecule has 1 aliphatic rings. The Labute approximate surface area is 263 Å². The molecule has 0 bridgehead atoms. The summed E-state index contributed by atoms with van der Waals surface area (Å²) in [6.07, 6.45) is 13.5. The molecule has 0 saturated carbocycles. The van der Waals surface area contributed by atoms with Crippen molar-refractivity contribution in [3.63, 3.8) is 0 Å². The zero-order valence-corrected chi connectivity index (χ0v) is 25.7. The summed E-state index contributed by atoms with van der Waals surface area (Å²) in [5, 5.41) is 0. The van der Waals surface area contributed by atoms with Crippen molar-refractivity contribution in [2.45, 2.75) is 26.3 Å². The highest BCUT2D eigenvalue weighted by Crippen LogP contribution is 2.37. The number of rotatable bonds is 9. The van der Waals surface area contributed by atoms with Crippen LogP contribution in [0.3, 0.4) is 0 Å². The Hall–Kier alpha value is -5.34. The number of anilines is 5. The molecule has 218 valence electrons. The van der Waals surface area contributed by atoms with Crippen molar-refractivity contribution >= 4 is 40.6 Å². The predicted molar refractivity (Wildman–Crippen MR) is 193 cm³/mol. The van der Waals surface area contributed by atoms with Gasteiger partial charge in [-0.25, -0.2) is 0 Å². The summed E-state index contributed by atoms with van der Waals surface area (Å²) in [6.45, 7) is 11.8. The SMILES string of the molecule is C=Cc1ccc(N(c2ccccc2)c2ccc(-c3ccc(N(c4ccc(C=C)cc4)C4C=CC=CC4)cc3)cc2)cc1.CC. The van der Waals surface area contributed by atoms with Gasteiger partial charge in [0.2, 0.25) is 0 Å². The van der Waals surface area contributed by atoms with E-state index in [1.807, 2.05) is 32.1 Å². The van der Waals surface area contributed by atoms with Gasteiger partial charge in [0.05, 0.1) is 6.04 Å². The molecule has 5 aromatic rings. The van der Waals surface area contributed by atoms with E-state index in [1.165, 1.54) is 22.5 Å². The summed E-state index contributed by atoms with van der Waals surface area (Å²) >= 11 is 0. The molecule has 0 saturated heterocycles. The number of hydrogen-bond acceptors (Lipinski definition) is 2. The molecular weight excluding hydrogens is 532 g/mol. The lowest BCUT2D eigenvalue weighted by Gasteiger charge is -2.32. The first kappa shape index (κ1) is 30.1. The molecule has 1 unspecified atom stereocenters. The maximum Gasteiger partial charge on any atom is 0.0559 e. The Morgan fingerprint density at radius 3 is 1.41 bits per heavy atom. The normalized spacial score (nSPS) is 13.4. The zero-order valence-electron chi connectivity index (χ0n) is 25.7. The van der Waals surface area contributed by atoms with Crippen molar-refractivity contribution in [3.8, 4) is 11.1 Å². The molecule has 0 aliphatic heterocycles. The molecule has 44 heavy (non-hydrogen) atoms. The molecule has 0 fully saturated rings. The summed E-state index contributed by atoms with van der Waals surface area (Å²) < 4.78 is 0. The Bertz CT molecular complexity index is 1690. The highest BCUT2D eigenvalue weighted by atomic mass is 15.2. The molecule has 0 heterocycles. The first-order valence-electron chi connectivity index (χ1n) is 15.4. The summed E-state index contributed by atoms with van der Waals surface area (Å²) in [5.41, 5.74) is 10.3. The fourth-order valence-electron chi connectivity index (χ4n) is 5.46. The van der Waals surface area contributed by atoms with Crippen LogP contribution in [0.2, 0.25) is 0 Å². The lowest BCUT2D eigenvalue weighted by atomic mass is 10.0. The van der Waals surface area contributed by atoms with Crippen molar-refractivity contribution < 1.29 is 0 Å². The minimum atomic E-state index is 0.263. The monoisotopic (exact) mass is 572 g/mol. The lowest BCUT2D eigenvalue weighted by molar-refractivity contribution is 0.785. The van der Waals surface area contributed by atoms with Gasteiger partial charge in [0, 0.05) is 28.4 Å². The van der Waals surface area contributed by atoms with Gasteiger partial charge in [0.15, 0.2) is 0 Å². The van der Waals surface area contributed by atoms with Gasteiger partial charge < -0.3 is 9.80 Å². The van der Waals surface area contributed by atoms with Crippen LogP contribution in [0, 0.1) is 0 Å². The van der Waals surface area contributed by atoms with Crippen LogP contribution in [-0.2, 0) is 0 Å². The molecular formula is C42H40N2. The Balaban J connectivity index is 0.00000188. The highest BCUT2D eigenvalue weighted by Gasteiger charge is 2.19. The van der Waals surface area contributed by atoms with Gasteiger partial charge in [-0.2, -0.15) is 0 Å². The van der Waals surface area contributed by atoms with E-state index in [9.17, 15) is 0 Å². The highest BCUT2D eigenvalue weighted by molar-refractivity contribution is 5.79. The van der Waals surface area contributed by atoms with Crippen LogP contribution in [-0.4, -0.2) is 6.04 Å². The van der Waals surface area contributed by atoms with Crippen LogP contribution in [0.4, 0.5) is 28.4 Å². The van der Waals surface area contributed by atoms with Crippen molar-refractivity contribution in [2.24, 2.45) is 0 Å². The van der Waals surface area contributed by atoms with E-state index < -0.39 is 0 Å². The van der Waals surface area contributed by atoms with E-state index in [-0.39, 0.29) is 6.04 Å². The van der Waals surface area contributed by atoms with Gasteiger partial charge >= 0.3 is 0 Å². The summed E-state index contributed by atoms with van der Waals surface area (Å²) in [4.78, 5) is 4.69. The standard InChI is InChI=1S/C40H34N2.C2H6/c1-3-31-15-23-37(24-16-31)41(35-11-7-5-8-12-35)39-27-19-33(20-28-39)34-21-29-40(30-22-34)42(36-13-9-6-10-14-36)38-25-17-32(4-2)18-26-38;1-2/h3-13,15-30,36H,1-2,14H2;1-2H3. The van der Waals surface area contributed by atoms with E-state index in [1.54, 1.807) is 0 Å². The maximum absolute atomic E-state index is 3.90. The van der Waals surface area contributed by atoms with Crippen LogP contribution < -0.4 is 9.80 Å². The van der Waals surface area contributed by atoms with Gasteiger partial charge in [-0.1, -0.05) is 130 Å². The minimum Gasteiger partial charge on any atom is -0.334 e. The third-order valence-corrected chi connectivity index (χ3v) is 7.70. The summed E-state index contributed by atoms with van der Waals surface area (Å²) in [5.74, 6) is 0. The third-order valence-electron chi connectivity index (χ3n) is 7.70. The fraction of sp³-hybridized carbons (Fsp3) is 0.0952. The average molecular weight is 573 g/mol. The topological polar surface area (TPSA) is 6.48 Å². The van der Waals surface area contributed by atoms with Crippen molar-refractivity contribution in [1.82, 2.24) is 0 Å². The number of allylic oxidation sites excluding steroid dienone is 2. The lowest BCUT2D eigenvalue weighted by Crippen LogP contribution is -2.29. The Morgan fingerprint density at radius 1 is 0.523 bits per heavy atom. The van der Waals surface area contributed by atoms with E-state index in [2.05, 4.69) is 169 Å². The average Bonchev–Trinajstić information content (AvgIpc) is 3.12. The first-order valence-corrected chi connectivity index (χ1v) is 15.4. The predicted octanol–water partition coefficient (Wildman–Crippen LogP) is 12.2. The van der Waals surface area contributed by atoms with Crippen LogP contribution in [0.15, 0.2) is 165 Å². The molecule has 0 amide bonds. The number of para-hydroxylation sites is 1. The Morgan fingerprint density at radius 2 is 0.955 bits per heavy atom. The first-order chi connectivity index (χ1) is 21.7. The molecule has 0 spiro atoms. The van der Waals surface area contributed by atoms with Crippen molar-refractivity contribution in [1.29, 1.82) is 0 Å². The van der Waals surface area contributed by atoms with Gasteiger partial charge in [-0.15, -0.1) is 0 Å². The molecule has 1 aliphatic carbocycles. The molecule has 0 radical (unpaired) electrons. The van der Waals surface area contributed by atoms with Gasteiger partial charge in [0.1, 0.15) is 0 Å². The quantitative estimate of drug-likeness (QED) is 0.173. The van der Waals surface area contributed by atoms with E-state index >= 15 is 0 Å². The molecule has 1 atom stereocenters. The molecule has 2 heteroatoms. The van der Waals surface area contributed by atoms with Crippen LogP contribution in [0.25, 0.3) is 23.3 Å². The number of nitrogens with zero attached hydrogens (tertiary/aromatic N) is 2. The van der Waals surface area contributed by atoms with Crippen molar-refractivity contribution in [3.05, 3.63) is 176 Å². The minimum absolute atomic E-state index is 0.263. The molecule has 6 rings (SSSR count). The van der Waals surface area contributed by atoms with Crippen LogP contribution in [0.5, 0.6) is 0 Å². The second-order valence-corrected chi connectivity index (χ2v) is 10.3. The van der Waals surface area contributed by atoms with E-state index in [0.717, 1.165) is 34.6 Å². The second kappa shape index (κ2) is 14.7. The molecule has 5 aromatic carbocycles. The van der Waals surface area contributed by atoms with Crippen molar-refractivity contribution in [2.75, 3.05) is 9.80 Å².